The van der Waals surface area contributed by atoms with Gasteiger partial charge in [-0.1, -0.05) is 27.7 Å². The van der Waals surface area contributed by atoms with Crippen molar-refractivity contribution in [2.75, 3.05) is 13.2 Å². The minimum Gasteiger partial charge on any atom is -0.475 e. The third kappa shape index (κ3) is 3.38. The summed E-state index contributed by atoms with van der Waals surface area (Å²) in [6.07, 6.45) is 4.06. The summed E-state index contributed by atoms with van der Waals surface area (Å²) < 4.78 is 13.6. The molecule has 0 saturated heterocycles. The molecule has 3 heterocycles. The van der Waals surface area contributed by atoms with Crippen molar-refractivity contribution in [3.8, 4) is 0 Å². The Morgan fingerprint density at radius 2 is 1.35 bits per heavy atom. The van der Waals surface area contributed by atoms with Gasteiger partial charge in [0.1, 0.15) is 31.4 Å². The average Bonchev–Trinajstić information content (AvgIpc) is 3.16. The van der Waals surface area contributed by atoms with Crippen LogP contribution in [0.4, 0.5) is 0 Å². The molecule has 0 N–H and O–H groups in total. The van der Waals surface area contributed by atoms with Crippen molar-refractivity contribution in [1.29, 1.82) is 0 Å². The molecule has 5 heteroatoms. The van der Waals surface area contributed by atoms with E-state index >= 15 is 0 Å². The highest BCUT2D eigenvalue weighted by Crippen LogP contribution is 2.20. The molecule has 2 aliphatic heterocycles. The van der Waals surface area contributed by atoms with Crippen LogP contribution in [-0.2, 0) is 16.5 Å². The number of rotatable bonds is 4. The molecule has 0 unspecified atom stereocenters. The molecular weight excluding hydrogens is 290 g/mol. The second-order valence-electron chi connectivity index (χ2n) is 7.09. The molecule has 2 atom stereocenters. The largest absolute Gasteiger partial charge is 0.475 e. The monoisotopic (exact) mass is 316 g/mol. The fraction of sp³-hybridized carbons (Fsp3) is 0.611. The number of pyridine rings is 1. The Hall–Kier alpha value is -1.91. The quantitative estimate of drug-likeness (QED) is 0.799. The number of ether oxygens (including phenoxy) is 2. The maximum absolute atomic E-state index is 5.80. The number of aromatic nitrogens is 1. The Bertz CT molecular complexity index is 597. The average molecular weight is 316 g/mol. The van der Waals surface area contributed by atoms with Gasteiger partial charge in [0.05, 0.1) is 12.1 Å². The van der Waals surface area contributed by atoms with Crippen LogP contribution in [0.1, 0.15) is 38.8 Å². The Morgan fingerprint density at radius 3 is 1.70 bits per heavy atom. The normalized spacial score (nSPS) is 23.8. The van der Waals surface area contributed by atoms with Crippen LogP contribution in [0.2, 0.25) is 0 Å². The van der Waals surface area contributed by atoms with E-state index < -0.39 is 0 Å². The Kier molecular flexibility index (Phi) is 4.37. The van der Waals surface area contributed by atoms with Crippen molar-refractivity contribution in [3.63, 3.8) is 0 Å². The van der Waals surface area contributed by atoms with Gasteiger partial charge in [-0.25, -0.2) is 14.6 Å². The van der Waals surface area contributed by atoms with E-state index in [1.165, 1.54) is 0 Å². The van der Waals surface area contributed by atoms with Gasteiger partial charge in [-0.2, -0.15) is 0 Å². The fourth-order valence-corrected chi connectivity index (χ4v) is 2.73. The first-order valence-electron chi connectivity index (χ1n) is 8.36. The van der Waals surface area contributed by atoms with Crippen molar-refractivity contribution < 1.29 is 14.0 Å². The molecule has 3 rings (SSSR count). The number of hydrogen-bond acceptors (Lipinski definition) is 4. The maximum Gasteiger partial charge on any atom is 0.222 e. The molecule has 1 aromatic rings. The van der Waals surface area contributed by atoms with Gasteiger partial charge in [0.25, 0.3) is 0 Å². The van der Waals surface area contributed by atoms with E-state index in [-0.39, 0.29) is 12.1 Å². The molecule has 0 saturated carbocycles. The molecule has 0 fully saturated rings. The van der Waals surface area contributed by atoms with Crippen LogP contribution in [0.15, 0.2) is 28.4 Å². The van der Waals surface area contributed by atoms with E-state index in [0.29, 0.717) is 25.0 Å². The minimum absolute atomic E-state index is 0.240. The van der Waals surface area contributed by atoms with Gasteiger partial charge in [-0.3, -0.25) is 0 Å². The predicted molar refractivity (Wildman–Crippen MR) is 89.8 cm³/mol. The number of aryl methyl sites for hydroxylation is 1. The molecule has 0 radical (unpaired) electrons. The van der Waals surface area contributed by atoms with Gasteiger partial charge in [-0.05, 0) is 17.9 Å². The summed E-state index contributed by atoms with van der Waals surface area (Å²) in [5, 5.41) is 0. The molecule has 124 valence electrons. The number of hydrogen-bond donors (Lipinski definition) is 0. The van der Waals surface area contributed by atoms with Gasteiger partial charge in [-0.15, -0.1) is 0 Å². The molecule has 5 nitrogen and oxygen atoms in total. The lowest BCUT2D eigenvalue weighted by Crippen LogP contribution is -2.30. The van der Waals surface area contributed by atoms with Crippen molar-refractivity contribution in [2.45, 2.75) is 39.8 Å². The lowest BCUT2D eigenvalue weighted by Gasteiger charge is -2.06. The van der Waals surface area contributed by atoms with Gasteiger partial charge < -0.3 is 9.47 Å². The summed E-state index contributed by atoms with van der Waals surface area (Å²) in [6.45, 7) is 10.0. The zero-order chi connectivity index (χ0) is 16.6. The highest BCUT2D eigenvalue weighted by atomic mass is 16.5. The molecule has 0 amide bonds. The minimum atomic E-state index is 0.240. The van der Waals surface area contributed by atoms with Crippen molar-refractivity contribution in [1.82, 2.24) is 0 Å². The molecule has 0 spiro atoms. The standard InChI is InChI=1S/C18H26N3O2/c1-11(2)15-9-22-17(19-15)13-6-14(8-21(5)7-13)18-20-16(10-23-18)12(3)4/h6-8,11-12,15-16H,9-10H2,1-5H3/q+1/t15-,16-/m1/s1. The fourth-order valence-electron chi connectivity index (χ4n) is 2.73. The Balaban J connectivity index is 1.89. The number of nitrogens with zero attached hydrogens (tertiary/aromatic N) is 3. The first-order valence-corrected chi connectivity index (χ1v) is 8.36. The zero-order valence-electron chi connectivity index (χ0n) is 14.6. The van der Waals surface area contributed by atoms with Gasteiger partial charge >= 0.3 is 0 Å². The molecular formula is C18H26N3O2+. The van der Waals surface area contributed by atoms with E-state index in [2.05, 4.69) is 33.8 Å². The molecule has 1 aromatic heterocycles. The number of aliphatic imine (C=N–C) groups is 2. The van der Waals surface area contributed by atoms with E-state index in [4.69, 9.17) is 19.5 Å². The van der Waals surface area contributed by atoms with Crippen LogP contribution in [-0.4, -0.2) is 37.1 Å². The van der Waals surface area contributed by atoms with E-state index in [9.17, 15) is 0 Å². The van der Waals surface area contributed by atoms with Gasteiger partial charge in [0.2, 0.25) is 11.8 Å². The molecule has 0 aliphatic carbocycles. The zero-order valence-corrected chi connectivity index (χ0v) is 14.6. The maximum atomic E-state index is 5.80. The topological polar surface area (TPSA) is 47.1 Å². The van der Waals surface area contributed by atoms with Crippen LogP contribution >= 0.6 is 0 Å². The summed E-state index contributed by atoms with van der Waals surface area (Å²) in [5.41, 5.74) is 1.96. The summed E-state index contributed by atoms with van der Waals surface area (Å²) in [5.74, 6) is 2.41. The van der Waals surface area contributed by atoms with Crippen LogP contribution in [0.3, 0.4) is 0 Å². The Labute approximate surface area is 138 Å². The van der Waals surface area contributed by atoms with E-state index in [1.54, 1.807) is 0 Å². The predicted octanol–water partition coefficient (Wildman–Crippen LogP) is 2.11. The lowest BCUT2D eigenvalue weighted by atomic mass is 10.1. The third-order valence-electron chi connectivity index (χ3n) is 4.38. The van der Waals surface area contributed by atoms with Crippen LogP contribution in [0.5, 0.6) is 0 Å². The summed E-state index contributed by atoms with van der Waals surface area (Å²) in [4.78, 5) is 9.42. The Morgan fingerprint density at radius 1 is 0.913 bits per heavy atom. The highest BCUT2D eigenvalue weighted by molar-refractivity contribution is 5.99. The van der Waals surface area contributed by atoms with Crippen LogP contribution in [0, 0.1) is 11.8 Å². The summed E-state index contributed by atoms with van der Waals surface area (Å²) in [7, 11) is 2.00. The van der Waals surface area contributed by atoms with Gasteiger partial charge in [0, 0.05) is 0 Å². The van der Waals surface area contributed by atoms with Gasteiger partial charge in [0.15, 0.2) is 12.4 Å². The molecule has 0 bridgehead atoms. The van der Waals surface area contributed by atoms with Crippen LogP contribution in [0.25, 0.3) is 0 Å². The second kappa shape index (κ2) is 6.30. The van der Waals surface area contributed by atoms with Crippen LogP contribution < -0.4 is 4.57 Å². The van der Waals surface area contributed by atoms with E-state index in [1.807, 2.05) is 24.0 Å². The lowest BCUT2D eigenvalue weighted by molar-refractivity contribution is -0.671. The second-order valence-corrected chi connectivity index (χ2v) is 7.09. The van der Waals surface area contributed by atoms with Crippen molar-refractivity contribution in [2.24, 2.45) is 28.9 Å². The van der Waals surface area contributed by atoms with E-state index in [0.717, 1.165) is 22.9 Å². The van der Waals surface area contributed by atoms with Crippen molar-refractivity contribution >= 4 is 11.8 Å². The SMILES string of the molecule is CC(C)[C@H]1COC(c2cc(C3=N[C@@H](C(C)C)CO3)c[n+](C)c2)=N1. The molecule has 2 aliphatic rings. The van der Waals surface area contributed by atoms with Crippen molar-refractivity contribution in [3.05, 3.63) is 29.6 Å². The smallest absolute Gasteiger partial charge is 0.222 e. The third-order valence-corrected chi connectivity index (χ3v) is 4.38. The molecule has 0 aromatic carbocycles. The summed E-state index contributed by atoms with van der Waals surface area (Å²) in [6, 6.07) is 2.54. The molecule has 23 heavy (non-hydrogen) atoms. The first kappa shape index (κ1) is 16.0. The summed E-state index contributed by atoms with van der Waals surface area (Å²) >= 11 is 0. The first-order chi connectivity index (χ1) is 10.9. The highest BCUT2D eigenvalue weighted by Gasteiger charge is 2.27.